The standard InChI is InChI=1S/C13H23N3O/c1-2-6-16-11-15-9-13(16)10-17-7-4-12-3-5-14-8-12/h9,11-12,14H,2-8,10H2,1H3. The highest BCUT2D eigenvalue weighted by Crippen LogP contribution is 2.12. The summed E-state index contributed by atoms with van der Waals surface area (Å²) in [5.74, 6) is 0.815. The lowest BCUT2D eigenvalue weighted by molar-refractivity contribution is 0.104. The van der Waals surface area contributed by atoms with Crippen molar-refractivity contribution in [3.05, 3.63) is 18.2 Å². The van der Waals surface area contributed by atoms with E-state index >= 15 is 0 Å². The van der Waals surface area contributed by atoms with Crippen LogP contribution in [0.5, 0.6) is 0 Å². The summed E-state index contributed by atoms with van der Waals surface area (Å²) in [7, 11) is 0. The van der Waals surface area contributed by atoms with E-state index in [0.29, 0.717) is 6.61 Å². The summed E-state index contributed by atoms with van der Waals surface area (Å²) in [6.45, 7) is 7.11. The van der Waals surface area contributed by atoms with Crippen LogP contribution in [0.4, 0.5) is 0 Å². The van der Waals surface area contributed by atoms with Crippen molar-refractivity contribution in [3.63, 3.8) is 0 Å². The Bertz CT molecular complexity index is 318. The number of imidazole rings is 1. The quantitative estimate of drug-likeness (QED) is 0.735. The van der Waals surface area contributed by atoms with Gasteiger partial charge in [-0.25, -0.2) is 4.98 Å². The predicted molar refractivity (Wildman–Crippen MR) is 67.8 cm³/mol. The van der Waals surface area contributed by atoms with Crippen LogP contribution in [0.3, 0.4) is 0 Å². The zero-order valence-corrected chi connectivity index (χ0v) is 10.7. The number of aryl methyl sites for hydroxylation is 1. The third-order valence-electron chi connectivity index (χ3n) is 3.35. The number of hydrogen-bond acceptors (Lipinski definition) is 3. The van der Waals surface area contributed by atoms with E-state index in [4.69, 9.17) is 4.74 Å². The fourth-order valence-electron chi connectivity index (χ4n) is 2.30. The van der Waals surface area contributed by atoms with Gasteiger partial charge in [0, 0.05) is 13.2 Å². The summed E-state index contributed by atoms with van der Waals surface area (Å²) in [6.07, 6.45) is 7.42. The van der Waals surface area contributed by atoms with Crippen LogP contribution in [-0.2, 0) is 17.9 Å². The SMILES string of the molecule is CCCn1cncc1COCCC1CCNC1. The first-order valence-corrected chi connectivity index (χ1v) is 6.67. The van der Waals surface area contributed by atoms with Gasteiger partial charge in [0.2, 0.25) is 0 Å². The molecule has 17 heavy (non-hydrogen) atoms. The Morgan fingerprint density at radius 2 is 2.53 bits per heavy atom. The molecule has 1 aromatic rings. The second-order valence-corrected chi connectivity index (χ2v) is 4.78. The minimum atomic E-state index is 0.695. The molecular formula is C13H23N3O. The van der Waals surface area contributed by atoms with E-state index in [-0.39, 0.29) is 0 Å². The van der Waals surface area contributed by atoms with Crippen molar-refractivity contribution in [1.29, 1.82) is 0 Å². The normalized spacial score (nSPS) is 19.9. The van der Waals surface area contributed by atoms with Gasteiger partial charge in [-0.15, -0.1) is 0 Å². The maximum atomic E-state index is 5.74. The maximum Gasteiger partial charge on any atom is 0.0948 e. The summed E-state index contributed by atoms with van der Waals surface area (Å²) in [4.78, 5) is 4.17. The van der Waals surface area contributed by atoms with Gasteiger partial charge in [0.05, 0.1) is 24.8 Å². The molecule has 96 valence electrons. The molecule has 4 heteroatoms. The van der Waals surface area contributed by atoms with E-state index in [0.717, 1.165) is 32.0 Å². The Kier molecular flexibility index (Phi) is 5.01. The molecule has 1 aromatic heterocycles. The molecule has 0 amide bonds. The number of aromatic nitrogens is 2. The lowest BCUT2D eigenvalue weighted by Crippen LogP contribution is -2.11. The predicted octanol–water partition coefficient (Wildman–Crippen LogP) is 1.81. The molecule has 1 aliphatic rings. The molecule has 0 saturated carbocycles. The first-order valence-electron chi connectivity index (χ1n) is 6.67. The zero-order valence-electron chi connectivity index (χ0n) is 10.7. The Hall–Kier alpha value is -0.870. The molecule has 1 N–H and O–H groups in total. The molecule has 1 saturated heterocycles. The molecule has 1 atom stereocenters. The molecule has 2 heterocycles. The van der Waals surface area contributed by atoms with Gasteiger partial charge in [0.1, 0.15) is 0 Å². The zero-order chi connectivity index (χ0) is 11.9. The lowest BCUT2D eigenvalue weighted by Gasteiger charge is -2.10. The highest BCUT2D eigenvalue weighted by Gasteiger charge is 2.13. The monoisotopic (exact) mass is 237 g/mol. The van der Waals surface area contributed by atoms with E-state index in [9.17, 15) is 0 Å². The molecule has 4 nitrogen and oxygen atoms in total. The van der Waals surface area contributed by atoms with Crippen molar-refractivity contribution in [2.75, 3.05) is 19.7 Å². The van der Waals surface area contributed by atoms with Crippen molar-refractivity contribution in [2.45, 2.75) is 39.3 Å². The number of ether oxygens (including phenoxy) is 1. The number of nitrogens with zero attached hydrogens (tertiary/aromatic N) is 2. The van der Waals surface area contributed by atoms with Crippen molar-refractivity contribution < 1.29 is 4.74 Å². The first-order chi connectivity index (χ1) is 8.40. The van der Waals surface area contributed by atoms with Gasteiger partial charge >= 0.3 is 0 Å². The molecule has 0 aliphatic carbocycles. The molecule has 0 bridgehead atoms. The molecule has 1 aliphatic heterocycles. The Labute approximate surface area is 103 Å². The minimum absolute atomic E-state index is 0.695. The van der Waals surface area contributed by atoms with E-state index in [1.165, 1.54) is 25.1 Å². The number of nitrogens with one attached hydrogen (secondary N) is 1. The van der Waals surface area contributed by atoms with Crippen LogP contribution in [0.25, 0.3) is 0 Å². The van der Waals surface area contributed by atoms with Crippen LogP contribution in [0, 0.1) is 5.92 Å². The summed E-state index contributed by atoms with van der Waals surface area (Å²) < 4.78 is 7.92. The molecular weight excluding hydrogens is 214 g/mol. The molecule has 2 rings (SSSR count). The maximum absolute atomic E-state index is 5.74. The molecule has 0 spiro atoms. The fraction of sp³-hybridized carbons (Fsp3) is 0.769. The van der Waals surface area contributed by atoms with E-state index in [2.05, 4.69) is 21.8 Å². The van der Waals surface area contributed by atoms with Crippen molar-refractivity contribution in [3.8, 4) is 0 Å². The minimum Gasteiger partial charge on any atom is -0.375 e. The second kappa shape index (κ2) is 6.77. The van der Waals surface area contributed by atoms with Crippen LogP contribution < -0.4 is 5.32 Å². The third kappa shape index (κ3) is 3.82. The summed E-state index contributed by atoms with van der Waals surface area (Å²) in [6, 6.07) is 0. The van der Waals surface area contributed by atoms with Crippen LogP contribution in [0.2, 0.25) is 0 Å². The Balaban J connectivity index is 1.65. The third-order valence-corrected chi connectivity index (χ3v) is 3.35. The molecule has 1 unspecified atom stereocenters. The van der Waals surface area contributed by atoms with E-state index in [1.807, 2.05) is 12.5 Å². The lowest BCUT2D eigenvalue weighted by atomic mass is 10.1. The first kappa shape index (κ1) is 12.6. The van der Waals surface area contributed by atoms with Gasteiger partial charge in [-0.2, -0.15) is 0 Å². The van der Waals surface area contributed by atoms with Crippen molar-refractivity contribution in [1.82, 2.24) is 14.9 Å². The van der Waals surface area contributed by atoms with Gasteiger partial charge in [-0.3, -0.25) is 0 Å². The van der Waals surface area contributed by atoms with Crippen LogP contribution in [0.15, 0.2) is 12.5 Å². The van der Waals surface area contributed by atoms with Gasteiger partial charge < -0.3 is 14.6 Å². The van der Waals surface area contributed by atoms with Gasteiger partial charge in [0.15, 0.2) is 0 Å². The molecule has 0 radical (unpaired) electrons. The topological polar surface area (TPSA) is 39.1 Å². The highest BCUT2D eigenvalue weighted by molar-refractivity contribution is 4.96. The number of hydrogen-bond donors (Lipinski definition) is 1. The van der Waals surface area contributed by atoms with Crippen LogP contribution >= 0.6 is 0 Å². The van der Waals surface area contributed by atoms with Gasteiger partial charge in [0.25, 0.3) is 0 Å². The molecule has 0 aromatic carbocycles. The fourth-order valence-corrected chi connectivity index (χ4v) is 2.30. The number of rotatable bonds is 7. The van der Waals surface area contributed by atoms with Crippen LogP contribution in [0.1, 0.15) is 31.9 Å². The summed E-state index contributed by atoms with van der Waals surface area (Å²) in [5.41, 5.74) is 1.19. The smallest absolute Gasteiger partial charge is 0.0948 e. The van der Waals surface area contributed by atoms with Crippen LogP contribution in [-0.4, -0.2) is 29.2 Å². The average molecular weight is 237 g/mol. The largest absolute Gasteiger partial charge is 0.375 e. The Morgan fingerprint density at radius 3 is 3.29 bits per heavy atom. The van der Waals surface area contributed by atoms with E-state index < -0.39 is 0 Å². The second-order valence-electron chi connectivity index (χ2n) is 4.78. The average Bonchev–Trinajstić information content (AvgIpc) is 2.96. The van der Waals surface area contributed by atoms with Gasteiger partial charge in [-0.1, -0.05) is 6.92 Å². The van der Waals surface area contributed by atoms with E-state index in [1.54, 1.807) is 0 Å². The summed E-state index contributed by atoms with van der Waals surface area (Å²) >= 11 is 0. The molecule has 1 fully saturated rings. The van der Waals surface area contributed by atoms with Gasteiger partial charge in [-0.05, 0) is 38.3 Å². The Morgan fingerprint density at radius 1 is 1.59 bits per heavy atom. The highest BCUT2D eigenvalue weighted by atomic mass is 16.5. The summed E-state index contributed by atoms with van der Waals surface area (Å²) in [5, 5.41) is 3.38. The van der Waals surface area contributed by atoms with Crippen molar-refractivity contribution in [2.24, 2.45) is 5.92 Å². The van der Waals surface area contributed by atoms with Crippen molar-refractivity contribution >= 4 is 0 Å².